The Morgan fingerprint density at radius 2 is 1.90 bits per heavy atom. The summed E-state index contributed by atoms with van der Waals surface area (Å²) in [5.41, 5.74) is 9.66. The number of piperazine rings is 1. The predicted octanol–water partition coefficient (Wildman–Crippen LogP) is 3.54. The standard InChI is InChI=1S/C30H35N7O2/c1-30(2,38)9-8-20-10-26(29(35-14-20)23(12-31)13-32)22-5-6-27(33-16-22)36-18-24-11-25(19-36)37(24)17-21-4-7-28(39-3)34-15-21/h4-7,10,12,14-16,24-25,38H,8-9,11,17-19,31H2,1-3H3. The molecule has 3 aliphatic rings. The highest BCUT2D eigenvalue weighted by molar-refractivity contribution is 5.85. The molecular weight excluding hydrogens is 490 g/mol. The lowest BCUT2D eigenvalue weighted by Gasteiger charge is -2.56. The van der Waals surface area contributed by atoms with Crippen molar-refractivity contribution in [2.45, 2.75) is 57.3 Å². The molecule has 2 bridgehead atoms. The molecule has 0 aromatic carbocycles. The Kier molecular flexibility index (Phi) is 7.51. The van der Waals surface area contributed by atoms with E-state index < -0.39 is 5.60 Å². The van der Waals surface area contributed by atoms with Crippen LogP contribution in [-0.4, -0.2) is 62.8 Å². The van der Waals surface area contributed by atoms with E-state index in [1.54, 1.807) is 27.2 Å². The van der Waals surface area contributed by atoms with Crippen molar-refractivity contribution in [3.05, 3.63) is 71.9 Å². The number of aromatic nitrogens is 3. The molecule has 0 saturated carbocycles. The smallest absolute Gasteiger partial charge is 0.212 e. The van der Waals surface area contributed by atoms with Crippen LogP contribution in [0.1, 0.15) is 43.5 Å². The maximum atomic E-state index is 10.2. The number of nitrogens with zero attached hydrogens (tertiary/aromatic N) is 6. The number of aliphatic hydroxyl groups is 1. The van der Waals surface area contributed by atoms with Crippen molar-refractivity contribution in [3.8, 4) is 23.1 Å². The number of aryl methyl sites for hydroxylation is 1. The van der Waals surface area contributed by atoms with Gasteiger partial charge in [-0.3, -0.25) is 9.88 Å². The zero-order valence-electron chi connectivity index (χ0n) is 22.7. The van der Waals surface area contributed by atoms with Crippen molar-refractivity contribution in [1.29, 1.82) is 5.26 Å². The van der Waals surface area contributed by atoms with Gasteiger partial charge in [-0.15, -0.1) is 0 Å². The van der Waals surface area contributed by atoms with Gasteiger partial charge in [-0.25, -0.2) is 9.97 Å². The van der Waals surface area contributed by atoms with Gasteiger partial charge in [0.05, 0.1) is 24.0 Å². The zero-order chi connectivity index (χ0) is 27.6. The number of nitriles is 1. The lowest BCUT2D eigenvalue weighted by Crippen LogP contribution is -2.68. The number of methoxy groups -OCH3 is 1. The van der Waals surface area contributed by atoms with Crippen LogP contribution < -0.4 is 15.4 Å². The van der Waals surface area contributed by atoms with Crippen LogP contribution in [0.25, 0.3) is 16.7 Å². The quantitative estimate of drug-likeness (QED) is 0.404. The number of piperidine rings is 1. The second-order valence-electron chi connectivity index (χ2n) is 11.0. The lowest BCUT2D eigenvalue weighted by molar-refractivity contribution is -0.00876. The van der Waals surface area contributed by atoms with Gasteiger partial charge in [0.2, 0.25) is 5.88 Å². The van der Waals surface area contributed by atoms with Crippen LogP contribution in [0.5, 0.6) is 5.88 Å². The van der Waals surface area contributed by atoms with Crippen molar-refractivity contribution in [2.75, 3.05) is 25.1 Å². The number of pyridine rings is 3. The van der Waals surface area contributed by atoms with E-state index in [4.69, 9.17) is 15.5 Å². The molecule has 9 nitrogen and oxygen atoms in total. The topological polar surface area (TPSA) is 124 Å². The molecule has 0 spiro atoms. The first-order valence-electron chi connectivity index (χ1n) is 13.3. The molecule has 202 valence electrons. The highest BCUT2D eigenvalue weighted by atomic mass is 16.5. The average Bonchev–Trinajstić information content (AvgIpc) is 2.96. The summed E-state index contributed by atoms with van der Waals surface area (Å²) >= 11 is 0. The first kappa shape index (κ1) is 26.6. The summed E-state index contributed by atoms with van der Waals surface area (Å²) in [6, 6.07) is 13.2. The molecule has 6 heterocycles. The molecule has 3 aliphatic heterocycles. The molecule has 6 rings (SSSR count). The molecule has 2 atom stereocenters. The van der Waals surface area contributed by atoms with Gasteiger partial charge in [0, 0.05) is 73.7 Å². The molecule has 0 amide bonds. The van der Waals surface area contributed by atoms with Crippen LogP contribution in [0.15, 0.2) is 55.1 Å². The third kappa shape index (κ3) is 5.87. The van der Waals surface area contributed by atoms with Gasteiger partial charge in [-0.1, -0.05) is 6.07 Å². The van der Waals surface area contributed by atoms with Crippen LogP contribution in [0.4, 0.5) is 5.82 Å². The van der Waals surface area contributed by atoms with Crippen LogP contribution in [-0.2, 0) is 13.0 Å². The van der Waals surface area contributed by atoms with E-state index in [9.17, 15) is 10.4 Å². The van der Waals surface area contributed by atoms with Crippen molar-refractivity contribution >= 4 is 11.4 Å². The highest BCUT2D eigenvalue weighted by Gasteiger charge is 2.44. The van der Waals surface area contributed by atoms with E-state index in [0.29, 0.717) is 42.1 Å². The van der Waals surface area contributed by atoms with Crippen LogP contribution in [0.3, 0.4) is 0 Å². The van der Waals surface area contributed by atoms with Gasteiger partial charge in [-0.05, 0) is 62.4 Å². The summed E-state index contributed by atoms with van der Waals surface area (Å²) in [7, 11) is 1.63. The zero-order valence-corrected chi connectivity index (χ0v) is 22.7. The van der Waals surface area contributed by atoms with Gasteiger partial charge in [0.15, 0.2) is 0 Å². The third-order valence-corrected chi connectivity index (χ3v) is 7.61. The Morgan fingerprint density at radius 1 is 1.13 bits per heavy atom. The summed E-state index contributed by atoms with van der Waals surface area (Å²) in [5, 5.41) is 19.8. The van der Waals surface area contributed by atoms with Gasteiger partial charge >= 0.3 is 0 Å². The Morgan fingerprint density at radius 3 is 2.49 bits per heavy atom. The SMILES string of the molecule is COc1ccc(CN2C3CC2CN(c2ccc(-c4cc(CCC(C)(C)O)cnc4C(C#N)=CN)cn2)C3)cn1. The van der Waals surface area contributed by atoms with E-state index in [1.165, 1.54) is 18.2 Å². The van der Waals surface area contributed by atoms with E-state index in [2.05, 4.69) is 31.9 Å². The fraction of sp³-hybridized carbons (Fsp3) is 0.400. The van der Waals surface area contributed by atoms with Gasteiger partial charge in [0.1, 0.15) is 11.9 Å². The van der Waals surface area contributed by atoms with E-state index in [1.807, 2.05) is 36.7 Å². The average molecular weight is 526 g/mol. The Bertz CT molecular complexity index is 1360. The minimum absolute atomic E-state index is 0.311. The molecule has 39 heavy (non-hydrogen) atoms. The number of ether oxygens (including phenoxy) is 1. The maximum absolute atomic E-state index is 10.2. The molecule has 0 aliphatic carbocycles. The van der Waals surface area contributed by atoms with E-state index in [-0.39, 0.29) is 0 Å². The molecule has 3 aromatic heterocycles. The molecule has 3 saturated heterocycles. The van der Waals surface area contributed by atoms with E-state index in [0.717, 1.165) is 42.1 Å². The summed E-state index contributed by atoms with van der Waals surface area (Å²) < 4.78 is 5.17. The Labute approximate surface area is 229 Å². The van der Waals surface area contributed by atoms with Crippen LogP contribution in [0, 0.1) is 11.3 Å². The maximum Gasteiger partial charge on any atom is 0.212 e. The number of nitrogens with two attached hydrogens (primary N) is 1. The van der Waals surface area contributed by atoms with Gasteiger partial charge in [-0.2, -0.15) is 5.26 Å². The minimum atomic E-state index is -0.771. The molecule has 3 aromatic rings. The number of hydrogen-bond acceptors (Lipinski definition) is 9. The van der Waals surface area contributed by atoms with Crippen molar-refractivity contribution in [3.63, 3.8) is 0 Å². The molecule has 3 fully saturated rings. The van der Waals surface area contributed by atoms with Gasteiger partial charge < -0.3 is 20.5 Å². The van der Waals surface area contributed by atoms with Crippen molar-refractivity contribution < 1.29 is 9.84 Å². The van der Waals surface area contributed by atoms with Crippen molar-refractivity contribution in [2.24, 2.45) is 5.73 Å². The third-order valence-electron chi connectivity index (χ3n) is 7.61. The predicted molar refractivity (Wildman–Crippen MR) is 151 cm³/mol. The van der Waals surface area contributed by atoms with Crippen LogP contribution >= 0.6 is 0 Å². The normalized spacial score (nSPS) is 19.4. The van der Waals surface area contributed by atoms with Crippen LogP contribution in [0.2, 0.25) is 0 Å². The summed E-state index contributed by atoms with van der Waals surface area (Å²) in [6.07, 6.45) is 9.26. The van der Waals surface area contributed by atoms with E-state index >= 15 is 0 Å². The summed E-state index contributed by atoms with van der Waals surface area (Å²) in [5.74, 6) is 1.58. The highest BCUT2D eigenvalue weighted by Crippen LogP contribution is 2.36. The molecule has 2 unspecified atom stereocenters. The molecular formula is C30H35N7O2. The second-order valence-corrected chi connectivity index (χ2v) is 11.0. The summed E-state index contributed by atoms with van der Waals surface area (Å²) in [6.45, 7) is 6.34. The number of anilines is 1. The Hall–Kier alpha value is -4.00. The minimum Gasteiger partial charge on any atom is -0.481 e. The number of fused-ring (bicyclic) bond motifs is 2. The molecule has 3 N–H and O–H groups in total. The number of rotatable bonds is 9. The summed E-state index contributed by atoms with van der Waals surface area (Å²) in [4.78, 5) is 18.6. The lowest BCUT2D eigenvalue weighted by atomic mass is 9.87. The fourth-order valence-electron chi connectivity index (χ4n) is 5.40. The number of hydrogen-bond donors (Lipinski definition) is 2. The monoisotopic (exact) mass is 525 g/mol. The Balaban J connectivity index is 1.30. The van der Waals surface area contributed by atoms with Crippen molar-refractivity contribution in [1.82, 2.24) is 19.9 Å². The fourth-order valence-corrected chi connectivity index (χ4v) is 5.40. The first-order valence-corrected chi connectivity index (χ1v) is 13.3. The number of allylic oxidation sites excluding steroid dienone is 1. The first-order chi connectivity index (χ1) is 18.8. The second kappa shape index (κ2) is 11.0. The molecule has 9 heteroatoms. The largest absolute Gasteiger partial charge is 0.481 e. The molecule has 0 radical (unpaired) electrons. The van der Waals surface area contributed by atoms with Gasteiger partial charge in [0.25, 0.3) is 0 Å².